The van der Waals surface area contributed by atoms with Crippen molar-refractivity contribution in [1.29, 1.82) is 0 Å². The minimum absolute atomic E-state index is 0. The first kappa shape index (κ1) is 21.3. The fraction of sp³-hybridized carbons (Fsp3) is 0.444. The molecule has 1 aliphatic rings. The summed E-state index contributed by atoms with van der Waals surface area (Å²) in [5.74, 6) is 2.63. The Balaban J connectivity index is 0.00000144. The molecule has 0 saturated carbocycles. The normalized spacial score (nSPS) is 14.8. The summed E-state index contributed by atoms with van der Waals surface area (Å²) < 4.78 is 5.92. The number of piperidine rings is 1. The van der Waals surface area contributed by atoms with Crippen molar-refractivity contribution >= 4 is 36.4 Å². The number of halogens is 3. The standard InChI is InChI=1S/C18H23ClN2O.2ClH/c1-13-2-3-15(10-17(13)19)18-5-4-16(22-18)12-21-11-14-6-8-20-9-7-14;;/h2-5,10,14,20-21H,6-9,11-12H2,1H3;2*1H. The molecule has 134 valence electrons. The molecule has 24 heavy (non-hydrogen) atoms. The number of aryl methyl sites for hydroxylation is 1. The molecular formula is C18H25Cl3N2O. The van der Waals surface area contributed by atoms with Crippen LogP contribution < -0.4 is 10.6 Å². The molecule has 0 radical (unpaired) electrons. The summed E-state index contributed by atoms with van der Waals surface area (Å²) in [6.07, 6.45) is 2.52. The molecule has 1 aliphatic heterocycles. The van der Waals surface area contributed by atoms with Crippen LogP contribution in [0.25, 0.3) is 11.3 Å². The summed E-state index contributed by atoms with van der Waals surface area (Å²) in [6.45, 7) is 6.14. The van der Waals surface area contributed by atoms with Crippen molar-refractivity contribution in [2.75, 3.05) is 19.6 Å². The molecule has 1 aromatic carbocycles. The largest absolute Gasteiger partial charge is 0.460 e. The van der Waals surface area contributed by atoms with Crippen LogP contribution in [-0.2, 0) is 6.54 Å². The highest BCUT2D eigenvalue weighted by Crippen LogP contribution is 2.26. The minimum Gasteiger partial charge on any atom is -0.460 e. The van der Waals surface area contributed by atoms with E-state index >= 15 is 0 Å². The van der Waals surface area contributed by atoms with Crippen molar-refractivity contribution in [3.8, 4) is 11.3 Å². The smallest absolute Gasteiger partial charge is 0.134 e. The van der Waals surface area contributed by atoms with E-state index in [0.717, 1.165) is 59.8 Å². The lowest BCUT2D eigenvalue weighted by molar-refractivity contribution is 0.350. The average molecular weight is 392 g/mol. The van der Waals surface area contributed by atoms with Crippen LogP contribution in [0.5, 0.6) is 0 Å². The predicted molar refractivity (Wildman–Crippen MR) is 106 cm³/mol. The Morgan fingerprint density at radius 1 is 1.17 bits per heavy atom. The van der Waals surface area contributed by atoms with Gasteiger partial charge in [0.25, 0.3) is 0 Å². The molecule has 0 aliphatic carbocycles. The summed E-state index contributed by atoms with van der Waals surface area (Å²) in [5.41, 5.74) is 2.11. The highest BCUT2D eigenvalue weighted by molar-refractivity contribution is 6.31. The molecule has 1 aromatic heterocycles. The Bertz CT molecular complexity index is 624. The third-order valence-corrected chi connectivity index (χ3v) is 4.72. The monoisotopic (exact) mass is 390 g/mol. The Hall–Kier alpha value is -0.710. The molecule has 0 spiro atoms. The predicted octanol–water partition coefficient (Wildman–Crippen LogP) is 4.84. The van der Waals surface area contributed by atoms with Crippen LogP contribution in [0.4, 0.5) is 0 Å². The van der Waals surface area contributed by atoms with E-state index in [4.69, 9.17) is 16.0 Å². The maximum atomic E-state index is 6.18. The number of hydrogen-bond donors (Lipinski definition) is 2. The lowest BCUT2D eigenvalue weighted by Gasteiger charge is -2.22. The lowest BCUT2D eigenvalue weighted by Crippen LogP contribution is -2.33. The topological polar surface area (TPSA) is 37.2 Å². The van der Waals surface area contributed by atoms with Crippen molar-refractivity contribution < 1.29 is 4.42 Å². The first-order valence-corrected chi connectivity index (χ1v) is 8.37. The molecule has 1 fully saturated rings. The van der Waals surface area contributed by atoms with Gasteiger partial charge in [0.2, 0.25) is 0 Å². The van der Waals surface area contributed by atoms with Gasteiger partial charge in [-0.05, 0) is 69.1 Å². The van der Waals surface area contributed by atoms with E-state index in [-0.39, 0.29) is 24.8 Å². The molecule has 6 heteroatoms. The van der Waals surface area contributed by atoms with Gasteiger partial charge in [0.15, 0.2) is 0 Å². The van der Waals surface area contributed by atoms with Gasteiger partial charge in [0, 0.05) is 10.6 Å². The quantitative estimate of drug-likeness (QED) is 0.765. The van der Waals surface area contributed by atoms with Crippen LogP contribution in [0.15, 0.2) is 34.7 Å². The zero-order valence-electron chi connectivity index (χ0n) is 13.8. The number of benzene rings is 1. The van der Waals surface area contributed by atoms with Crippen molar-refractivity contribution in [3.63, 3.8) is 0 Å². The van der Waals surface area contributed by atoms with Gasteiger partial charge >= 0.3 is 0 Å². The van der Waals surface area contributed by atoms with Crippen LogP contribution in [0, 0.1) is 12.8 Å². The molecule has 0 unspecified atom stereocenters. The molecule has 3 nitrogen and oxygen atoms in total. The van der Waals surface area contributed by atoms with Crippen LogP contribution >= 0.6 is 36.4 Å². The molecule has 0 atom stereocenters. The lowest BCUT2D eigenvalue weighted by atomic mass is 9.98. The van der Waals surface area contributed by atoms with E-state index in [9.17, 15) is 0 Å². The van der Waals surface area contributed by atoms with E-state index in [2.05, 4.69) is 10.6 Å². The summed E-state index contributed by atoms with van der Waals surface area (Å²) in [7, 11) is 0. The van der Waals surface area contributed by atoms with E-state index in [1.165, 1.54) is 12.8 Å². The Morgan fingerprint density at radius 2 is 1.92 bits per heavy atom. The average Bonchev–Trinajstić information content (AvgIpc) is 3.00. The molecule has 3 rings (SSSR count). The number of furan rings is 1. The van der Waals surface area contributed by atoms with Crippen molar-refractivity contribution in [3.05, 3.63) is 46.7 Å². The van der Waals surface area contributed by atoms with Crippen LogP contribution in [0.3, 0.4) is 0 Å². The van der Waals surface area contributed by atoms with Crippen molar-refractivity contribution in [2.24, 2.45) is 5.92 Å². The number of rotatable bonds is 5. The third kappa shape index (κ3) is 5.68. The zero-order chi connectivity index (χ0) is 15.4. The number of hydrogen-bond acceptors (Lipinski definition) is 3. The molecule has 0 amide bonds. The molecule has 0 bridgehead atoms. The van der Waals surface area contributed by atoms with E-state index < -0.39 is 0 Å². The fourth-order valence-corrected chi connectivity index (χ4v) is 3.04. The van der Waals surface area contributed by atoms with E-state index in [0.29, 0.717) is 0 Å². The maximum absolute atomic E-state index is 6.18. The summed E-state index contributed by atoms with van der Waals surface area (Å²) in [6, 6.07) is 10.1. The summed E-state index contributed by atoms with van der Waals surface area (Å²) in [5, 5.41) is 7.68. The summed E-state index contributed by atoms with van der Waals surface area (Å²) in [4.78, 5) is 0. The van der Waals surface area contributed by atoms with E-state index in [1.54, 1.807) is 0 Å². The number of nitrogens with one attached hydrogen (secondary N) is 2. The highest BCUT2D eigenvalue weighted by atomic mass is 35.5. The third-order valence-electron chi connectivity index (χ3n) is 4.31. The second kappa shape index (κ2) is 10.3. The first-order chi connectivity index (χ1) is 10.7. The molecular weight excluding hydrogens is 367 g/mol. The van der Waals surface area contributed by atoms with Gasteiger partial charge in [0.1, 0.15) is 11.5 Å². The second-order valence-electron chi connectivity index (χ2n) is 6.05. The Morgan fingerprint density at radius 3 is 2.62 bits per heavy atom. The Labute approximate surface area is 161 Å². The van der Waals surface area contributed by atoms with Gasteiger partial charge in [-0.1, -0.05) is 23.7 Å². The molecule has 1 saturated heterocycles. The fourth-order valence-electron chi connectivity index (χ4n) is 2.86. The van der Waals surface area contributed by atoms with Crippen molar-refractivity contribution in [1.82, 2.24) is 10.6 Å². The van der Waals surface area contributed by atoms with Gasteiger partial charge in [0.05, 0.1) is 6.54 Å². The molecule has 2 N–H and O–H groups in total. The maximum Gasteiger partial charge on any atom is 0.134 e. The van der Waals surface area contributed by atoms with Gasteiger partial charge in [-0.3, -0.25) is 0 Å². The minimum atomic E-state index is 0. The molecule has 2 heterocycles. The van der Waals surface area contributed by atoms with Crippen LogP contribution in [0.1, 0.15) is 24.2 Å². The van der Waals surface area contributed by atoms with Crippen molar-refractivity contribution in [2.45, 2.75) is 26.3 Å². The van der Waals surface area contributed by atoms with Gasteiger partial charge in [-0.2, -0.15) is 0 Å². The van der Waals surface area contributed by atoms with Gasteiger partial charge < -0.3 is 15.1 Å². The zero-order valence-corrected chi connectivity index (χ0v) is 16.2. The molecule has 2 aromatic rings. The van der Waals surface area contributed by atoms with Gasteiger partial charge in [-0.25, -0.2) is 0 Å². The van der Waals surface area contributed by atoms with E-state index in [1.807, 2.05) is 37.3 Å². The van der Waals surface area contributed by atoms with Crippen LogP contribution in [0.2, 0.25) is 5.02 Å². The first-order valence-electron chi connectivity index (χ1n) is 7.99. The highest BCUT2D eigenvalue weighted by Gasteiger charge is 2.12. The Kier molecular flexibility index (Phi) is 9.17. The van der Waals surface area contributed by atoms with Gasteiger partial charge in [-0.15, -0.1) is 24.8 Å². The van der Waals surface area contributed by atoms with Crippen LogP contribution in [-0.4, -0.2) is 19.6 Å². The SMILES string of the molecule is Cc1ccc(-c2ccc(CNCC3CCNCC3)o2)cc1Cl.Cl.Cl. The summed E-state index contributed by atoms with van der Waals surface area (Å²) >= 11 is 6.18. The second-order valence-corrected chi connectivity index (χ2v) is 6.46.